The highest BCUT2D eigenvalue weighted by Gasteiger charge is 2.25. The van der Waals surface area contributed by atoms with Gasteiger partial charge in [-0.3, -0.25) is 9.88 Å². The van der Waals surface area contributed by atoms with E-state index in [1.54, 1.807) is 0 Å². The summed E-state index contributed by atoms with van der Waals surface area (Å²) in [4.78, 5) is 7.24. The minimum absolute atomic E-state index is 0.170. The smallest absolute Gasteiger partial charge is 0.0679 e. The van der Waals surface area contributed by atoms with E-state index < -0.39 is 0 Å². The van der Waals surface area contributed by atoms with Crippen LogP contribution in [0.1, 0.15) is 55.5 Å². The molecule has 2 atom stereocenters. The van der Waals surface area contributed by atoms with Crippen molar-refractivity contribution in [1.29, 1.82) is 0 Å². The van der Waals surface area contributed by atoms with Crippen LogP contribution in [0.3, 0.4) is 0 Å². The molecule has 4 heteroatoms. The summed E-state index contributed by atoms with van der Waals surface area (Å²) in [6.45, 7) is 8.64. The molecule has 0 aliphatic carbocycles. The predicted octanol–water partition coefficient (Wildman–Crippen LogP) is 2.28. The Balaban J connectivity index is 1.84. The second-order valence-electron chi connectivity index (χ2n) is 6.66. The van der Waals surface area contributed by atoms with Crippen molar-refractivity contribution >= 4 is 0 Å². The molecule has 2 aliphatic heterocycles. The van der Waals surface area contributed by atoms with Crippen molar-refractivity contribution in [3.05, 3.63) is 29.1 Å². The summed E-state index contributed by atoms with van der Waals surface area (Å²) in [7, 11) is 0. The van der Waals surface area contributed by atoms with Crippen LogP contribution in [0, 0.1) is 0 Å². The highest BCUT2D eigenvalue weighted by molar-refractivity contribution is 5.29. The maximum Gasteiger partial charge on any atom is 0.0679 e. The topological polar surface area (TPSA) is 45.6 Å². The van der Waals surface area contributed by atoms with Gasteiger partial charge in [0.1, 0.15) is 0 Å². The summed E-state index contributed by atoms with van der Waals surface area (Å²) in [5.41, 5.74) is 3.69. The molecule has 0 saturated carbocycles. The Morgan fingerprint density at radius 1 is 1.38 bits per heavy atom. The fourth-order valence-electron chi connectivity index (χ4n) is 3.30. The van der Waals surface area contributed by atoms with Gasteiger partial charge < -0.3 is 9.84 Å². The number of aliphatic hydroxyl groups excluding tert-OH is 1. The second kappa shape index (κ2) is 6.42. The lowest BCUT2D eigenvalue weighted by Gasteiger charge is -2.20. The van der Waals surface area contributed by atoms with Gasteiger partial charge in [0.05, 0.1) is 18.4 Å². The maximum atomic E-state index is 9.72. The van der Waals surface area contributed by atoms with Crippen molar-refractivity contribution in [2.45, 2.75) is 51.2 Å². The molecule has 0 radical (unpaired) electrons. The third kappa shape index (κ3) is 3.44. The number of β-amino-alcohol motifs (C(OH)–C–C–N with tert-alkyl or cyclic N) is 1. The molecule has 0 aromatic carbocycles. The van der Waals surface area contributed by atoms with Crippen molar-refractivity contribution in [1.82, 2.24) is 9.88 Å². The first-order valence-electron chi connectivity index (χ1n) is 8.11. The largest absolute Gasteiger partial charge is 0.392 e. The Morgan fingerprint density at radius 2 is 2.24 bits per heavy atom. The second-order valence-corrected chi connectivity index (χ2v) is 6.66. The Kier molecular flexibility index (Phi) is 4.57. The zero-order valence-corrected chi connectivity index (χ0v) is 13.1. The van der Waals surface area contributed by atoms with Gasteiger partial charge in [0, 0.05) is 37.9 Å². The summed E-state index contributed by atoms with van der Waals surface area (Å²) < 4.78 is 5.55. The third-order valence-corrected chi connectivity index (χ3v) is 4.61. The SMILES string of the molecule is CC(C)c1ccc(C2CCOC2)c(CN2CC[C@@H](O)C2)n1. The molecule has 0 spiro atoms. The van der Waals surface area contributed by atoms with Crippen LogP contribution >= 0.6 is 0 Å². The maximum absolute atomic E-state index is 9.72. The Morgan fingerprint density at radius 3 is 2.86 bits per heavy atom. The minimum Gasteiger partial charge on any atom is -0.392 e. The highest BCUT2D eigenvalue weighted by atomic mass is 16.5. The zero-order valence-electron chi connectivity index (χ0n) is 13.1. The van der Waals surface area contributed by atoms with E-state index in [9.17, 15) is 5.11 Å². The molecule has 3 rings (SSSR count). The monoisotopic (exact) mass is 290 g/mol. The molecule has 2 fully saturated rings. The molecule has 0 bridgehead atoms. The lowest BCUT2D eigenvalue weighted by Crippen LogP contribution is -2.23. The Labute approximate surface area is 127 Å². The number of nitrogens with zero attached hydrogens (tertiary/aromatic N) is 2. The first-order chi connectivity index (χ1) is 10.1. The third-order valence-electron chi connectivity index (χ3n) is 4.61. The fraction of sp³-hybridized carbons (Fsp3) is 0.706. The average Bonchev–Trinajstić information content (AvgIpc) is 3.10. The van der Waals surface area contributed by atoms with Crippen LogP contribution in [-0.4, -0.2) is 47.4 Å². The number of hydrogen-bond acceptors (Lipinski definition) is 4. The van der Waals surface area contributed by atoms with E-state index in [-0.39, 0.29) is 6.10 Å². The van der Waals surface area contributed by atoms with Crippen LogP contribution in [0.2, 0.25) is 0 Å². The van der Waals surface area contributed by atoms with Gasteiger partial charge in [-0.05, 0) is 30.4 Å². The molecule has 0 amide bonds. The summed E-state index contributed by atoms with van der Waals surface area (Å²) in [6, 6.07) is 4.42. The number of rotatable bonds is 4. The molecule has 1 unspecified atom stereocenters. The number of aliphatic hydroxyl groups is 1. The average molecular weight is 290 g/mol. The normalized spacial score (nSPS) is 26.9. The number of ether oxygens (including phenoxy) is 1. The van der Waals surface area contributed by atoms with E-state index >= 15 is 0 Å². The molecule has 3 heterocycles. The highest BCUT2D eigenvalue weighted by Crippen LogP contribution is 2.29. The number of aromatic nitrogens is 1. The summed E-state index contributed by atoms with van der Waals surface area (Å²) in [6.07, 6.45) is 1.81. The lowest BCUT2D eigenvalue weighted by molar-refractivity contribution is 0.174. The van der Waals surface area contributed by atoms with Crippen LogP contribution in [0.15, 0.2) is 12.1 Å². The molecule has 1 aromatic heterocycles. The van der Waals surface area contributed by atoms with Gasteiger partial charge in [-0.15, -0.1) is 0 Å². The van der Waals surface area contributed by atoms with E-state index in [0.717, 1.165) is 51.4 Å². The van der Waals surface area contributed by atoms with Crippen molar-refractivity contribution in [2.75, 3.05) is 26.3 Å². The molecular weight excluding hydrogens is 264 g/mol. The molecular formula is C17H26N2O2. The van der Waals surface area contributed by atoms with Crippen LogP contribution in [0.5, 0.6) is 0 Å². The molecule has 2 aliphatic rings. The minimum atomic E-state index is -0.170. The van der Waals surface area contributed by atoms with Crippen LogP contribution in [-0.2, 0) is 11.3 Å². The number of likely N-dealkylation sites (tertiary alicyclic amines) is 1. The van der Waals surface area contributed by atoms with Crippen molar-refractivity contribution in [3.8, 4) is 0 Å². The van der Waals surface area contributed by atoms with Crippen LogP contribution in [0.25, 0.3) is 0 Å². The van der Waals surface area contributed by atoms with Gasteiger partial charge in [-0.25, -0.2) is 0 Å². The van der Waals surface area contributed by atoms with Gasteiger partial charge in [-0.2, -0.15) is 0 Å². The molecule has 2 saturated heterocycles. The quantitative estimate of drug-likeness (QED) is 0.924. The van der Waals surface area contributed by atoms with Gasteiger partial charge >= 0.3 is 0 Å². The van der Waals surface area contributed by atoms with Crippen LogP contribution in [0.4, 0.5) is 0 Å². The first-order valence-corrected chi connectivity index (χ1v) is 8.11. The summed E-state index contributed by atoms with van der Waals surface area (Å²) >= 11 is 0. The predicted molar refractivity (Wildman–Crippen MR) is 82.4 cm³/mol. The molecule has 116 valence electrons. The zero-order chi connectivity index (χ0) is 14.8. The van der Waals surface area contributed by atoms with Gasteiger partial charge in [0.2, 0.25) is 0 Å². The van der Waals surface area contributed by atoms with E-state index in [2.05, 4.69) is 30.9 Å². The molecule has 1 aromatic rings. The van der Waals surface area contributed by atoms with Gasteiger partial charge in [0.15, 0.2) is 0 Å². The number of pyridine rings is 1. The van der Waals surface area contributed by atoms with Crippen molar-refractivity contribution in [2.24, 2.45) is 0 Å². The van der Waals surface area contributed by atoms with E-state index in [4.69, 9.17) is 9.72 Å². The van der Waals surface area contributed by atoms with Gasteiger partial charge in [-0.1, -0.05) is 19.9 Å². The number of hydrogen-bond donors (Lipinski definition) is 1. The summed E-state index contributed by atoms with van der Waals surface area (Å²) in [5, 5.41) is 9.72. The molecule has 1 N–H and O–H groups in total. The van der Waals surface area contributed by atoms with Crippen molar-refractivity contribution < 1.29 is 9.84 Å². The fourth-order valence-corrected chi connectivity index (χ4v) is 3.30. The van der Waals surface area contributed by atoms with Crippen LogP contribution < -0.4 is 0 Å². The lowest BCUT2D eigenvalue weighted by atomic mass is 9.95. The summed E-state index contributed by atoms with van der Waals surface area (Å²) in [5.74, 6) is 0.933. The Hall–Kier alpha value is -0.970. The standard InChI is InChI=1S/C17H26N2O2/c1-12(2)16-4-3-15(13-6-8-21-11-13)17(18-16)10-19-7-5-14(20)9-19/h3-4,12-14,20H,5-11H2,1-2H3/t13?,14-/m1/s1. The Bertz CT molecular complexity index is 484. The first kappa shape index (κ1) is 14.9. The van der Waals surface area contributed by atoms with E-state index in [1.807, 2.05) is 0 Å². The molecule has 4 nitrogen and oxygen atoms in total. The molecule has 21 heavy (non-hydrogen) atoms. The van der Waals surface area contributed by atoms with Gasteiger partial charge in [0.25, 0.3) is 0 Å². The van der Waals surface area contributed by atoms with Crippen molar-refractivity contribution in [3.63, 3.8) is 0 Å². The van der Waals surface area contributed by atoms with E-state index in [1.165, 1.54) is 11.3 Å². The van der Waals surface area contributed by atoms with E-state index in [0.29, 0.717) is 11.8 Å².